The molecule has 1 saturated heterocycles. The fraction of sp³-hybridized carbons (Fsp3) is 0.364. The van der Waals surface area contributed by atoms with Gasteiger partial charge in [0.05, 0.1) is 19.3 Å². The van der Waals surface area contributed by atoms with Crippen molar-refractivity contribution in [2.45, 2.75) is 0 Å². The van der Waals surface area contributed by atoms with Gasteiger partial charge in [-0.2, -0.15) is 0 Å². The van der Waals surface area contributed by atoms with Gasteiger partial charge in [-0.1, -0.05) is 0 Å². The van der Waals surface area contributed by atoms with E-state index in [1.54, 1.807) is 12.5 Å². The number of rotatable bonds is 2. The summed E-state index contributed by atoms with van der Waals surface area (Å²) in [5.74, 6) is 0. The van der Waals surface area contributed by atoms with Gasteiger partial charge in [-0.05, 0) is 12.1 Å². The van der Waals surface area contributed by atoms with E-state index in [9.17, 15) is 0 Å². The minimum absolute atomic E-state index is 0.729. The first-order valence-electron chi connectivity index (χ1n) is 5.46. The maximum Gasteiger partial charge on any atom is 0.297 e. The van der Waals surface area contributed by atoms with Gasteiger partial charge in [0.2, 0.25) is 0 Å². The lowest BCUT2D eigenvalue weighted by atomic mass is 10.4. The van der Waals surface area contributed by atoms with E-state index in [1.807, 2.05) is 12.1 Å². The summed E-state index contributed by atoms with van der Waals surface area (Å²) in [5, 5.41) is 2.31. The summed E-state index contributed by atoms with van der Waals surface area (Å²) in [4.78, 5) is 6.33. The Kier molecular flexibility index (Phi) is 2.29. The fourth-order valence-electron chi connectivity index (χ4n) is 2.00. The molecule has 1 aliphatic rings. The summed E-state index contributed by atoms with van der Waals surface area (Å²) < 4.78 is 7.42. The van der Waals surface area contributed by atoms with Gasteiger partial charge >= 0.3 is 0 Å². The van der Waals surface area contributed by atoms with Crippen LogP contribution in [0.25, 0.3) is 0 Å². The number of nitrogens with zero attached hydrogens (tertiary/aromatic N) is 4. The van der Waals surface area contributed by atoms with Crippen molar-refractivity contribution < 1.29 is 4.42 Å². The smallest absolute Gasteiger partial charge is 0.297 e. The number of aromatic nitrogens is 2. The average Bonchev–Trinajstić information content (AvgIpc) is 3.03. The Labute approximate surface area is 93.9 Å². The van der Waals surface area contributed by atoms with Crippen molar-refractivity contribution in [3.63, 3.8) is 0 Å². The van der Waals surface area contributed by atoms with Crippen molar-refractivity contribution in [3.8, 4) is 0 Å². The minimum Gasteiger partial charge on any atom is -0.432 e. The Bertz CT molecular complexity index is 373. The molecule has 2 aromatic heterocycles. The number of oxazole rings is 1. The highest BCUT2D eigenvalue weighted by Gasteiger charge is 2.19. The lowest BCUT2D eigenvalue weighted by Crippen LogP contribution is -2.50. The van der Waals surface area contributed by atoms with Crippen LogP contribution < -0.4 is 9.91 Å². The van der Waals surface area contributed by atoms with Gasteiger partial charge in [-0.3, -0.25) is 4.68 Å². The number of anilines is 1. The van der Waals surface area contributed by atoms with Crippen LogP contribution in [-0.4, -0.2) is 35.8 Å². The van der Waals surface area contributed by atoms with E-state index in [4.69, 9.17) is 4.42 Å². The van der Waals surface area contributed by atoms with Gasteiger partial charge in [-0.15, -0.1) is 0 Å². The van der Waals surface area contributed by atoms with Crippen LogP contribution in [0.15, 0.2) is 41.4 Å². The molecule has 0 spiro atoms. The molecule has 0 N–H and O–H groups in total. The SMILES string of the molecule is c1ccn(N2CCN(c3ncco3)CC2)c1. The van der Waals surface area contributed by atoms with Crippen LogP contribution in [-0.2, 0) is 0 Å². The Hall–Kier alpha value is -1.91. The van der Waals surface area contributed by atoms with E-state index in [0.29, 0.717) is 0 Å². The van der Waals surface area contributed by atoms with Gasteiger partial charge in [-0.25, -0.2) is 4.98 Å². The molecule has 16 heavy (non-hydrogen) atoms. The first kappa shape index (κ1) is 9.33. The zero-order chi connectivity index (χ0) is 10.8. The minimum atomic E-state index is 0.729. The summed E-state index contributed by atoms with van der Waals surface area (Å²) in [7, 11) is 0. The second-order valence-corrected chi connectivity index (χ2v) is 3.82. The zero-order valence-electron chi connectivity index (χ0n) is 8.99. The maximum atomic E-state index is 5.29. The molecular formula is C11H14N4O. The summed E-state index contributed by atoms with van der Waals surface area (Å²) in [6, 6.07) is 4.81. The number of hydrogen-bond donors (Lipinski definition) is 0. The molecule has 0 aromatic carbocycles. The Morgan fingerprint density at radius 1 is 1.06 bits per heavy atom. The zero-order valence-corrected chi connectivity index (χ0v) is 8.99. The third-order valence-electron chi connectivity index (χ3n) is 2.86. The first-order chi connectivity index (χ1) is 7.93. The number of hydrogen-bond acceptors (Lipinski definition) is 4. The van der Waals surface area contributed by atoms with Crippen molar-refractivity contribution in [1.82, 2.24) is 9.66 Å². The van der Waals surface area contributed by atoms with Gasteiger partial charge in [0, 0.05) is 25.5 Å². The van der Waals surface area contributed by atoms with E-state index >= 15 is 0 Å². The largest absolute Gasteiger partial charge is 0.432 e. The fourth-order valence-corrected chi connectivity index (χ4v) is 2.00. The monoisotopic (exact) mass is 218 g/mol. The Morgan fingerprint density at radius 3 is 2.44 bits per heavy atom. The molecule has 5 nitrogen and oxygen atoms in total. The molecular weight excluding hydrogens is 204 g/mol. The van der Waals surface area contributed by atoms with Crippen molar-refractivity contribution in [2.75, 3.05) is 36.1 Å². The van der Waals surface area contributed by atoms with Crippen molar-refractivity contribution in [3.05, 3.63) is 37.0 Å². The molecule has 5 heteroatoms. The number of piperazine rings is 1. The van der Waals surface area contributed by atoms with Crippen LogP contribution in [0.5, 0.6) is 0 Å². The molecule has 0 unspecified atom stereocenters. The van der Waals surface area contributed by atoms with Crippen molar-refractivity contribution in [1.29, 1.82) is 0 Å². The third-order valence-corrected chi connectivity index (χ3v) is 2.86. The van der Waals surface area contributed by atoms with E-state index in [2.05, 4.69) is 32.0 Å². The van der Waals surface area contributed by atoms with Gasteiger partial charge in [0.25, 0.3) is 6.01 Å². The van der Waals surface area contributed by atoms with E-state index in [-0.39, 0.29) is 0 Å². The molecule has 0 saturated carbocycles. The van der Waals surface area contributed by atoms with E-state index < -0.39 is 0 Å². The van der Waals surface area contributed by atoms with Crippen molar-refractivity contribution in [2.24, 2.45) is 0 Å². The van der Waals surface area contributed by atoms with E-state index in [1.165, 1.54) is 0 Å². The molecule has 1 fully saturated rings. The third kappa shape index (κ3) is 1.64. The molecule has 1 aliphatic heterocycles. The predicted molar refractivity (Wildman–Crippen MR) is 61.1 cm³/mol. The quantitative estimate of drug-likeness (QED) is 0.751. The average molecular weight is 218 g/mol. The molecule has 0 bridgehead atoms. The second kappa shape index (κ2) is 3.92. The second-order valence-electron chi connectivity index (χ2n) is 3.82. The van der Waals surface area contributed by atoms with E-state index in [0.717, 1.165) is 32.2 Å². The summed E-state index contributed by atoms with van der Waals surface area (Å²) in [6.07, 6.45) is 7.45. The topological polar surface area (TPSA) is 37.4 Å². The Morgan fingerprint density at radius 2 is 1.81 bits per heavy atom. The molecule has 0 aliphatic carbocycles. The lowest BCUT2D eigenvalue weighted by Gasteiger charge is -2.35. The Balaban J connectivity index is 1.64. The highest BCUT2D eigenvalue weighted by atomic mass is 16.4. The van der Waals surface area contributed by atoms with Gasteiger partial charge < -0.3 is 14.3 Å². The first-order valence-corrected chi connectivity index (χ1v) is 5.46. The van der Waals surface area contributed by atoms with Crippen LogP contribution in [0.1, 0.15) is 0 Å². The van der Waals surface area contributed by atoms with Crippen LogP contribution >= 0.6 is 0 Å². The molecule has 0 atom stereocenters. The summed E-state index contributed by atoms with van der Waals surface area (Å²) in [6.45, 7) is 3.85. The normalized spacial score (nSPS) is 16.8. The molecule has 2 aromatic rings. The predicted octanol–water partition coefficient (Wildman–Crippen LogP) is 0.934. The van der Waals surface area contributed by atoms with Crippen LogP contribution in [0, 0.1) is 0 Å². The standard InChI is InChI=1S/C11H14N4O/c1-2-5-14(4-1)15-8-6-13(7-9-15)11-12-3-10-16-11/h1-5,10H,6-9H2. The van der Waals surface area contributed by atoms with Crippen LogP contribution in [0.2, 0.25) is 0 Å². The molecule has 84 valence electrons. The van der Waals surface area contributed by atoms with Gasteiger partial charge in [0.1, 0.15) is 6.26 Å². The molecule has 0 radical (unpaired) electrons. The lowest BCUT2D eigenvalue weighted by molar-refractivity contribution is 0.480. The molecule has 3 rings (SSSR count). The molecule has 0 amide bonds. The highest BCUT2D eigenvalue weighted by molar-refractivity contribution is 5.27. The van der Waals surface area contributed by atoms with Crippen LogP contribution in [0.4, 0.5) is 6.01 Å². The highest BCUT2D eigenvalue weighted by Crippen LogP contribution is 2.12. The summed E-state index contributed by atoms with van der Waals surface area (Å²) >= 11 is 0. The van der Waals surface area contributed by atoms with Crippen molar-refractivity contribution >= 4 is 6.01 Å². The molecule has 3 heterocycles. The van der Waals surface area contributed by atoms with Crippen LogP contribution in [0.3, 0.4) is 0 Å². The summed E-state index contributed by atoms with van der Waals surface area (Å²) in [5.41, 5.74) is 0. The van der Waals surface area contributed by atoms with Gasteiger partial charge in [0.15, 0.2) is 0 Å². The maximum absolute atomic E-state index is 5.29.